The molecule has 0 N–H and O–H groups in total. The van der Waals surface area contributed by atoms with Gasteiger partial charge in [-0.25, -0.2) is 0 Å². The Morgan fingerprint density at radius 3 is 2.28 bits per heavy atom. The zero-order chi connectivity index (χ0) is 17.6. The number of benzene rings is 3. The van der Waals surface area contributed by atoms with Crippen molar-refractivity contribution in [2.24, 2.45) is 0 Å². The highest BCUT2D eigenvalue weighted by molar-refractivity contribution is 5.75. The highest BCUT2D eigenvalue weighted by Gasteiger charge is 2.12. The quantitative estimate of drug-likeness (QED) is 0.518. The van der Waals surface area contributed by atoms with E-state index in [0.717, 1.165) is 17.7 Å². The fourth-order valence-corrected chi connectivity index (χ4v) is 2.52. The maximum Gasteiger partial charge on any atom is 0.186 e. The van der Waals surface area contributed by atoms with E-state index in [4.69, 9.17) is 9.47 Å². The number of hydrogen-bond donors (Lipinski definition) is 0. The summed E-state index contributed by atoms with van der Waals surface area (Å²) < 4.78 is 11.9. The van der Waals surface area contributed by atoms with Crippen LogP contribution in [0.3, 0.4) is 0 Å². The molecular formula is C22H21O3. The van der Waals surface area contributed by atoms with E-state index in [9.17, 15) is 5.11 Å². The molecule has 0 spiro atoms. The van der Waals surface area contributed by atoms with Crippen molar-refractivity contribution in [3.63, 3.8) is 0 Å². The number of rotatable bonds is 6. The molecule has 0 heterocycles. The minimum atomic E-state index is -0.0209. The van der Waals surface area contributed by atoms with Crippen molar-refractivity contribution in [1.29, 1.82) is 0 Å². The van der Waals surface area contributed by atoms with Crippen molar-refractivity contribution in [2.75, 3.05) is 0 Å². The first-order valence-corrected chi connectivity index (χ1v) is 8.47. The number of hydrogen-bond acceptors (Lipinski definition) is 2. The Hall–Kier alpha value is -2.94. The Labute approximate surface area is 148 Å². The van der Waals surface area contributed by atoms with E-state index in [1.807, 2.05) is 67.6 Å². The molecule has 3 rings (SSSR count). The molecule has 0 fully saturated rings. The van der Waals surface area contributed by atoms with Crippen LogP contribution in [-0.4, -0.2) is 6.10 Å². The molecule has 0 saturated carbocycles. The fraction of sp³-hybridized carbons (Fsp3) is 0.182. The summed E-state index contributed by atoms with van der Waals surface area (Å²) in [6.07, 6.45) is 1.09. The summed E-state index contributed by atoms with van der Waals surface area (Å²) in [7, 11) is 0. The molecule has 3 aromatic carbocycles. The predicted molar refractivity (Wildman–Crippen MR) is 98.9 cm³/mol. The first-order valence-electron chi connectivity index (χ1n) is 8.47. The molecule has 0 aromatic heterocycles. The van der Waals surface area contributed by atoms with E-state index in [2.05, 4.69) is 6.92 Å². The molecule has 1 radical (unpaired) electrons. The normalized spacial score (nSPS) is 11.8. The molecule has 3 aromatic rings. The molecule has 0 aliphatic carbocycles. The molecule has 1 atom stereocenters. The Balaban J connectivity index is 1.90. The van der Waals surface area contributed by atoms with Gasteiger partial charge in [0.1, 0.15) is 17.2 Å². The highest BCUT2D eigenvalue weighted by atomic mass is 16.5. The third kappa shape index (κ3) is 4.13. The minimum Gasteiger partial charge on any atom is -0.491 e. The predicted octanol–water partition coefficient (Wildman–Crippen LogP) is 6.47. The van der Waals surface area contributed by atoms with Crippen molar-refractivity contribution in [2.45, 2.75) is 26.4 Å². The summed E-state index contributed by atoms with van der Waals surface area (Å²) in [5.74, 6) is 2.07. The number of ether oxygens (including phenoxy) is 2. The molecule has 1 unspecified atom stereocenters. The minimum absolute atomic E-state index is 0.0209. The third-order valence-corrected chi connectivity index (χ3v) is 4.01. The van der Waals surface area contributed by atoms with Gasteiger partial charge in [0.2, 0.25) is 0 Å². The third-order valence-electron chi connectivity index (χ3n) is 4.01. The smallest absolute Gasteiger partial charge is 0.186 e. The van der Waals surface area contributed by atoms with Crippen LogP contribution < -0.4 is 9.47 Å². The van der Waals surface area contributed by atoms with Crippen LogP contribution in [0.15, 0.2) is 72.8 Å². The first kappa shape index (κ1) is 16.9. The second-order valence-corrected chi connectivity index (χ2v) is 5.91. The van der Waals surface area contributed by atoms with Gasteiger partial charge in [-0.3, -0.25) is 5.11 Å². The lowest BCUT2D eigenvalue weighted by molar-refractivity contribution is 0.217. The lowest BCUT2D eigenvalue weighted by Crippen LogP contribution is -2.09. The van der Waals surface area contributed by atoms with Gasteiger partial charge in [-0.15, -0.1) is 0 Å². The molecule has 0 saturated heterocycles. The maximum atomic E-state index is 12.2. The van der Waals surface area contributed by atoms with Crippen LogP contribution in [-0.2, 0) is 5.11 Å². The van der Waals surface area contributed by atoms with Crippen LogP contribution in [0.5, 0.6) is 23.0 Å². The lowest BCUT2D eigenvalue weighted by atomic mass is 10.0. The van der Waals surface area contributed by atoms with Crippen molar-refractivity contribution in [3.05, 3.63) is 72.8 Å². The average molecular weight is 333 g/mol. The van der Waals surface area contributed by atoms with Gasteiger partial charge in [-0.05, 0) is 37.6 Å². The van der Waals surface area contributed by atoms with Crippen molar-refractivity contribution < 1.29 is 14.6 Å². The zero-order valence-corrected chi connectivity index (χ0v) is 14.4. The van der Waals surface area contributed by atoms with Crippen LogP contribution in [0.2, 0.25) is 0 Å². The largest absolute Gasteiger partial charge is 0.491 e. The van der Waals surface area contributed by atoms with Crippen LogP contribution in [0.1, 0.15) is 20.3 Å². The molecule has 0 aliphatic heterocycles. The van der Waals surface area contributed by atoms with Gasteiger partial charge in [-0.1, -0.05) is 49.4 Å². The SMILES string of the molecule is CCC(C)Oc1cccc(Oc2ccccc2-c2ccccc2[O])c1. The van der Waals surface area contributed by atoms with E-state index in [0.29, 0.717) is 17.1 Å². The Morgan fingerprint density at radius 2 is 1.52 bits per heavy atom. The topological polar surface area (TPSA) is 38.4 Å². The monoisotopic (exact) mass is 333 g/mol. The van der Waals surface area contributed by atoms with Gasteiger partial charge in [-0.2, -0.15) is 0 Å². The second kappa shape index (κ2) is 7.75. The summed E-state index contributed by atoms with van der Waals surface area (Å²) in [6, 6.07) is 22.1. The molecule has 127 valence electrons. The van der Waals surface area contributed by atoms with Crippen LogP contribution in [0.25, 0.3) is 11.1 Å². The second-order valence-electron chi connectivity index (χ2n) is 5.91. The van der Waals surface area contributed by atoms with Gasteiger partial charge >= 0.3 is 0 Å². The molecule has 25 heavy (non-hydrogen) atoms. The van der Waals surface area contributed by atoms with E-state index >= 15 is 0 Å². The van der Waals surface area contributed by atoms with Gasteiger partial charge in [0.25, 0.3) is 0 Å². The van der Waals surface area contributed by atoms with E-state index < -0.39 is 0 Å². The highest BCUT2D eigenvalue weighted by Crippen LogP contribution is 2.38. The van der Waals surface area contributed by atoms with Gasteiger partial charge < -0.3 is 9.47 Å². The maximum absolute atomic E-state index is 12.2. The van der Waals surface area contributed by atoms with Crippen molar-refractivity contribution in [3.8, 4) is 34.1 Å². The van der Waals surface area contributed by atoms with Crippen LogP contribution in [0, 0.1) is 0 Å². The van der Waals surface area contributed by atoms with Crippen molar-refractivity contribution >= 4 is 0 Å². The number of para-hydroxylation sites is 2. The lowest BCUT2D eigenvalue weighted by Gasteiger charge is -2.15. The standard InChI is InChI=1S/C22H21O3/c1-3-16(2)24-17-9-8-10-18(15-17)25-22-14-7-5-12-20(22)19-11-4-6-13-21(19)23/h4-16H,3H2,1-2H3. The van der Waals surface area contributed by atoms with Crippen molar-refractivity contribution in [1.82, 2.24) is 0 Å². The first-order chi connectivity index (χ1) is 12.2. The molecule has 3 nitrogen and oxygen atoms in total. The Morgan fingerprint density at radius 1 is 0.840 bits per heavy atom. The summed E-state index contributed by atoms with van der Waals surface area (Å²) in [5.41, 5.74) is 1.41. The molecule has 0 amide bonds. The average Bonchev–Trinajstić information content (AvgIpc) is 2.63. The van der Waals surface area contributed by atoms with E-state index in [1.54, 1.807) is 12.1 Å². The van der Waals surface area contributed by atoms with Gasteiger partial charge in [0.15, 0.2) is 5.75 Å². The summed E-state index contributed by atoms with van der Waals surface area (Å²) >= 11 is 0. The molecular weight excluding hydrogens is 312 g/mol. The Kier molecular flexibility index (Phi) is 5.24. The van der Waals surface area contributed by atoms with E-state index in [-0.39, 0.29) is 11.9 Å². The Bertz CT molecular complexity index is 842. The molecule has 3 heteroatoms. The van der Waals surface area contributed by atoms with E-state index in [1.165, 1.54) is 0 Å². The summed E-state index contributed by atoms with van der Waals surface area (Å²) in [5, 5.41) is 12.2. The van der Waals surface area contributed by atoms with Gasteiger partial charge in [0.05, 0.1) is 6.10 Å². The zero-order valence-electron chi connectivity index (χ0n) is 14.4. The van der Waals surface area contributed by atoms with Gasteiger partial charge in [0, 0.05) is 17.2 Å². The fourth-order valence-electron chi connectivity index (χ4n) is 2.52. The van der Waals surface area contributed by atoms with Crippen LogP contribution in [0.4, 0.5) is 0 Å². The summed E-state index contributed by atoms with van der Waals surface area (Å²) in [4.78, 5) is 0. The van der Waals surface area contributed by atoms with Crippen LogP contribution >= 0.6 is 0 Å². The summed E-state index contributed by atoms with van der Waals surface area (Å²) in [6.45, 7) is 4.12. The molecule has 0 bridgehead atoms. The molecule has 0 aliphatic rings.